The van der Waals surface area contributed by atoms with Crippen LogP contribution in [-0.4, -0.2) is 25.1 Å². The van der Waals surface area contributed by atoms with Crippen molar-refractivity contribution >= 4 is 39.0 Å². The Bertz CT molecular complexity index is 853. The summed E-state index contributed by atoms with van der Waals surface area (Å²) in [5, 5.41) is 3.66. The number of nitrogens with one attached hydrogen (secondary N) is 1. The molecule has 25 heavy (non-hydrogen) atoms. The number of hydrogen-bond acceptors (Lipinski definition) is 5. The van der Waals surface area contributed by atoms with Crippen molar-refractivity contribution in [3.63, 3.8) is 0 Å². The van der Waals surface area contributed by atoms with Gasteiger partial charge in [-0.1, -0.05) is 18.2 Å². The Morgan fingerprint density at radius 3 is 2.56 bits per heavy atom. The minimum atomic E-state index is -0.497. The van der Waals surface area contributed by atoms with Crippen molar-refractivity contribution in [2.45, 2.75) is 6.92 Å². The zero-order valence-corrected chi connectivity index (χ0v) is 14.5. The van der Waals surface area contributed by atoms with Gasteiger partial charge in [0, 0.05) is 10.4 Å². The lowest BCUT2D eigenvalue weighted by atomic mass is 10.2. The van der Waals surface area contributed by atoms with Gasteiger partial charge in [0.05, 0.1) is 6.61 Å². The summed E-state index contributed by atoms with van der Waals surface area (Å²) in [6.07, 6.45) is 0. The maximum absolute atomic E-state index is 12.1. The fourth-order valence-corrected chi connectivity index (χ4v) is 3.24. The van der Waals surface area contributed by atoms with E-state index in [-0.39, 0.29) is 6.61 Å². The first-order valence-corrected chi connectivity index (χ1v) is 8.66. The molecule has 1 aromatic heterocycles. The van der Waals surface area contributed by atoms with Crippen LogP contribution >= 0.6 is 11.3 Å². The molecule has 0 spiro atoms. The number of hydrogen-bond donors (Lipinski definition) is 1. The number of carbonyl (C=O) groups is 2. The summed E-state index contributed by atoms with van der Waals surface area (Å²) in [7, 11) is 0. The molecule has 0 aliphatic rings. The van der Waals surface area contributed by atoms with E-state index in [4.69, 9.17) is 9.47 Å². The van der Waals surface area contributed by atoms with Crippen LogP contribution in [0.3, 0.4) is 0 Å². The molecule has 0 aliphatic heterocycles. The largest absolute Gasteiger partial charge is 0.494 e. The number of benzene rings is 2. The highest BCUT2D eigenvalue weighted by Crippen LogP contribution is 2.25. The molecule has 0 fully saturated rings. The van der Waals surface area contributed by atoms with E-state index in [1.54, 1.807) is 30.3 Å². The first kappa shape index (κ1) is 17.0. The molecule has 0 saturated heterocycles. The summed E-state index contributed by atoms with van der Waals surface area (Å²) >= 11 is 1.35. The topological polar surface area (TPSA) is 64.6 Å². The molecule has 0 unspecified atom stereocenters. The molecule has 128 valence electrons. The van der Waals surface area contributed by atoms with E-state index in [0.717, 1.165) is 15.8 Å². The number of amides is 1. The third kappa shape index (κ3) is 4.36. The summed E-state index contributed by atoms with van der Waals surface area (Å²) in [5.74, 6) is -0.154. The molecule has 0 saturated carbocycles. The predicted octanol–water partition coefficient (Wildman–Crippen LogP) is 4.10. The van der Waals surface area contributed by atoms with Crippen molar-refractivity contribution in [1.82, 2.24) is 0 Å². The Labute approximate surface area is 149 Å². The number of ether oxygens (including phenoxy) is 2. The second-order valence-corrected chi connectivity index (χ2v) is 6.31. The number of thiophene rings is 1. The zero-order chi connectivity index (χ0) is 17.6. The second-order valence-electron chi connectivity index (χ2n) is 5.23. The summed E-state index contributed by atoms with van der Waals surface area (Å²) < 4.78 is 11.4. The molecule has 5 nitrogen and oxygen atoms in total. The highest BCUT2D eigenvalue weighted by atomic mass is 32.1. The third-order valence-corrected chi connectivity index (χ3v) is 4.51. The van der Waals surface area contributed by atoms with E-state index >= 15 is 0 Å². The van der Waals surface area contributed by atoms with Gasteiger partial charge in [-0.3, -0.25) is 4.79 Å². The molecule has 1 heterocycles. The molecule has 6 heteroatoms. The molecule has 2 aromatic carbocycles. The van der Waals surface area contributed by atoms with Crippen molar-refractivity contribution in [2.75, 3.05) is 18.5 Å². The Hall–Kier alpha value is -2.86. The summed E-state index contributed by atoms with van der Waals surface area (Å²) in [4.78, 5) is 24.5. The summed E-state index contributed by atoms with van der Waals surface area (Å²) in [6, 6.07) is 16.5. The van der Waals surface area contributed by atoms with Crippen LogP contribution in [0, 0.1) is 0 Å². The van der Waals surface area contributed by atoms with Crippen LogP contribution in [0.25, 0.3) is 10.1 Å². The quantitative estimate of drug-likeness (QED) is 0.676. The Morgan fingerprint density at radius 2 is 1.84 bits per heavy atom. The van der Waals surface area contributed by atoms with Gasteiger partial charge in [-0.2, -0.15) is 0 Å². The molecule has 1 N–H and O–H groups in total. The molecule has 1 amide bonds. The molecule has 3 rings (SSSR count). The van der Waals surface area contributed by atoms with Crippen LogP contribution in [0.15, 0.2) is 54.6 Å². The van der Waals surface area contributed by atoms with E-state index in [2.05, 4.69) is 5.32 Å². The number of carbonyl (C=O) groups excluding carboxylic acids is 2. The lowest BCUT2D eigenvalue weighted by Gasteiger charge is -2.07. The van der Waals surface area contributed by atoms with Gasteiger partial charge in [0.2, 0.25) is 0 Å². The number of esters is 1. The molecule has 3 aromatic rings. The van der Waals surface area contributed by atoms with Gasteiger partial charge in [0.25, 0.3) is 5.91 Å². The van der Waals surface area contributed by atoms with Crippen molar-refractivity contribution in [3.8, 4) is 5.75 Å². The molecule has 0 bridgehead atoms. The first-order chi connectivity index (χ1) is 12.2. The van der Waals surface area contributed by atoms with E-state index in [0.29, 0.717) is 17.2 Å². The number of anilines is 1. The smallest absolute Gasteiger partial charge is 0.348 e. The van der Waals surface area contributed by atoms with Gasteiger partial charge in [-0.05, 0) is 48.7 Å². The second kappa shape index (κ2) is 7.81. The average molecular weight is 355 g/mol. The molecule has 0 aliphatic carbocycles. The van der Waals surface area contributed by atoms with E-state index < -0.39 is 11.9 Å². The van der Waals surface area contributed by atoms with Gasteiger partial charge >= 0.3 is 5.97 Å². The van der Waals surface area contributed by atoms with Crippen LogP contribution in [0.5, 0.6) is 5.75 Å². The minimum absolute atomic E-state index is 0.333. The first-order valence-electron chi connectivity index (χ1n) is 7.84. The van der Waals surface area contributed by atoms with Crippen LogP contribution in [0.2, 0.25) is 0 Å². The van der Waals surface area contributed by atoms with Crippen LogP contribution in [0.1, 0.15) is 16.6 Å². The van der Waals surface area contributed by atoms with E-state index in [1.165, 1.54) is 11.3 Å². The Morgan fingerprint density at radius 1 is 1.08 bits per heavy atom. The van der Waals surface area contributed by atoms with E-state index in [9.17, 15) is 9.59 Å². The fraction of sp³-hybridized carbons (Fsp3) is 0.158. The third-order valence-electron chi connectivity index (χ3n) is 3.41. The highest BCUT2D eigenvalue weighted by molar-refractivity contribution is 7.20. The van der Waals surface area contributed by atoms with Gasteiger partial charge in [-0.15, -0.1) is 11.3 Å². The van der Waals surface area contributed by atoms with Crippen molar-refractivity contribution in [1.29, 1.82) is 0 Å². The number of fused-ring (bicyclic) bond motifs is 1. The monoisotopic (exact) mass is 355 g/mol. The van der Waals surface area contributed by atoms with Gasteiger partial charge < -0.3 is 14.8 Å². The van der Waals surface area contributed by atoms with Crippen LogP contribution < -0.4 is 10.1 Å². The minimum Gasteiger partial charge on any atom is -0.494 e. The molecular weight excluding hydrogens is 338 g/mol. The summed E-state index contributed by atoms with van der Waals surface area (Å²) in [6.45, 7) is 2.15. The highest BCUT2D eigenvalue weighted by Gasteiger charge is 2.13. The Balaban J connectivity index is 1.53. The number of rotatable bonds is 6. The molecular formula is C19H17NO4S. The van der Waals surface area contributed by atoms with E-state index in [1.807, 2.05) is 31.2 Å². The SMILES string of the molecule is CCOc1ccc(NC(=O)COC(=O)c2cc3ccccc3s2)cc1. The van der Waals surface area contributed by atoms with Crippen LogP contribution in [0.4, 0.5) is 5.69 Å². The maximum atomic E-state index is 12.1. The van der Waals surface area contributed by atoms with Gasteiger partial charge in [-0.25, -0.2) is 4.79 Å². The maximum Gasteiger partial charge on any atom is 0.348 e. The fourth-order valence-electron chi connectivity index (χ4n) is 2.28. The normalized spacial score (nSPS) is 10.4. The van der Waals surface area contributed by atoms with Crippen LogP contribution in [-0.2, 0) is 9.53 Å². The van der Waals surface area contributed by atoms with Crippen molar-refractivity contribution in [2.24, 2.45) is 0 Å². The summed E-state index contributed by atoms with van der Waals surface area (Å²) in [5.41, 5.74) is 0.617. The molecule has 0 radical (unpaired) electrons. The standard InChI is InChI=1S/C19H17NO4S/c1-2-23-15-9-7-14(8-10-15)20-18(21)12-24-19(22)17-11-13-5-3-4-6-16(13)25-17/h3-11H,2,12H2,1H3,(H,20,21). The van der Waals surface area contributed by atoms with Crippen molar-refractivity contribution in [3.05, 3.63) is 59.5 Å². The van der Waals surface area contributed by atoms with Crippen molar-refractivity contribution < 1.29 is 19.1 Å². The lowest BCUT2D eigenvalue weighted by Crippen LogP contribution is -2.20. The van der Waals surface area contributed by atoms with Gasteiger partial charge in [0.1, 0.15) is 10.6 Å². The average Bonchev–Trinajstić information content (AvgIpc) is 3.06. The van der Waals surface area contributed by atoms with Gasteiger partial charge in [0.15, 0.2) is 6.61 Å². The zero-order valence-electron chi connectivity index (χ0n) is 13.7. The predicted molar refractivity (Wildman–Crippen MR) is 98.3 cm³/mol. The lowest BCUT2D eigenvalue weighted by molar-refractivity contribution is -0.119. The Kier molecular flexibility index (Phi) is 5.30. The molecule has 0 atom stereocenters.